The lowest BCUT2D eigenvalue weighted by molar-refractivity contribution is -0.160. The molecule has 1 amide bonds. The van der Waals surface area contributed by atoms with Crippen molar-refractivity contribution in [3.05, 3.63) is 71.8 Å². The third kappa shape index (κ3) is 4.90. The van der Waals surface area contributed by atoms with Gasteiger partial charge in [-0.05, 0) is 30.4 Å². The Balaban J connectivity index is 1.86. The number of hydrogen-bond donors (Lipinski definition) is 2. The number of benzene rings is 2. The summed E-state index contributed by atoms with van der Waals surface area (Å²) >= 11 is 0. The quantitative estimate of drug-likeness (QED) is 0.762. The fraction of sp³-hybridized carbons (Fsp3) is 0.333. The average Bonchev–Trinajstić information content (AvgIpc) is 3.45. The Bertz CT molecular complexity index is 843. The van der Waals surface area contributed by atoms with E-state index in [1.54, 1.807) is 36.4 Å². The highest BCUT2D eigenvalue weighted by Gasteiger charge is 2.47. The Kier molecular flexibility index (Phi) is 5.71. The Morgan fingerprint density at radius 2 is 1.64 bits per heavy atom. The van der Waals surface area contributed by atoms with Crippen molar-refractivity contribution in [3.8, 4) is 6.07 Å². The fourth-order valence-electron chi connectivity index (χ4n) is 3.02. The number of amides is 1. The molecule has 7 heteroatoms. The Hall–Kier alpha value is -2.85. The minimum atomic E-state index is -4.58. The number of carbonyl (C=O) groups excluding carboxylic acids is 1. The van der Waals surface area contributed by atoms with Crippen LogP contribution in [-0.2, 0) is 11.2 Å². The van der Waals surface area contributed by atoms with Crippen molar-refractivity contribution in [1.82, 2.24) is 10.6 Å². The molecule has 0 bridgehead atoms. The summed E-state index contributed by atoms with van der Waals surface area (Å²) in [7, 11) is 0. The van der Waals surface area contributed by atoms with Gasteiger partial charge in [0, 0.05) is 0 Å². The average molecular weight is 387 g/mol. The largest absolute Gasteiger partial charge is 0.407 e. The summed E-state index contributed by atoms with van der Waals surface area (Å²) in [5.41, 5.74) is -0.193. The second kappa shape index (κ2) is 8.03. The first kappa shape index (κ1) is 19.9. The van der Waals surface area contributed by atoms with Gasteiger partial charge in [0.2, 0.25) is 5.91 Å². The summed E-state index contributed by atoms with van der Waals surface area (Å²) in [4.78, 5) is 12.8. The summed E-state index contributed by atoms with van der Waals surface area (Å²) in [5, 5.41) is 14.3. The molecule has 1 aliphatic carbocycles. The van der Waals surface area contributed by atoms with Gasteiger partial charge in [-0.1, -0.05) is 60.7 Å². The van der Waals surface area contributed by atoms with E-state index in [-0.39, 0.29) is 12.0 Å². The Morgan fingerprint density at radius 1 is 1.07 bits per heavy atom. The van der Waals surface area contributed by atoms with Crippen LogP contribution in [-0.4, -0.2) is 23.7 Å². The number of hydrogen-bond acceptors (Lipinski definition) is 3. The van der Waals surface area contributed by atoms with Gasteiger partial charge in [0.05, 0.1) is 12.1 Å². The lowest BCUT2D eigenvalue weighted by atomic mass is 10.0. The second-order valence-corrected chi connectivity index (χ2v) is 6.98. The number of nitriles is 1. The minimum Gasteiger partial charge on any atom is -0.336 e. The molecule has 28 heavy (non-hydrogen) atoms. The maximum absolute atomic E-state index is 13.7. The SMILES string of the molecule is N#CC1(NC(=O)[C@@H](Cc2ccccc2)N[C@@H](c2ccccc2)C(F)(F)F)CC1. The van der Waals surface area contributed by atoms with Crippen molar-refractivity contribution in [2.24, 2.45) is 0 Å². The Morgan fingerprint density at radius 3 is 2.14 bits per heavy atom. The first-order valence-corrected chi connectivity index (χ1v) is 8.98. The molecule has 4 nitrogen and oxygen atoms in total. The Labute approximate surface area is 161 Å². The molecular formula is C21H20F3N3O. The second-order valence-electron chi connectivity index (χ2n) is 6.98. The topological polar surface area (TPSA) is 64.9 Å². The zero-order chi connectivity index (χ0) is 20.2. The molecule has 0 unspecified atom stereocenters. The van der Waals surface area contributed by atoms with Crippen LogP contribution in [0.25, 0.3) is 0 Å². The maximum atomic E-state index is 13.7. The van der Waals surface area contributed by atoms with Crippen LogP contribution >= 0.6 is 0 Å². The lowest BCUT2D eigenvalue weighted by Gasteiger charge is -2.28. The van der Waals surface area contributed by atoms with E-state index in [4.69, 9.17) is 0 Å². The summed E-state index contributed by atoms with van der Waals surface area (Å²) in [6, 6.07) is 15.2. The van der Waals surface area contributed by atoms with Gasteiger partial charge in [0.15, 0.2) is 0 Å². The molecule has 0 radical (unpaired) electrons. The number of rotatable bonds is 7. The number of nitrogens with zero attached hydrogens (tertiary/aromatic N) is 1. The molecule has 1 aliphatic rings. The molecule has 2 aromatic rings. The highest BCUT2D eigenvalue weighted by atomic mass is 19.4. The third-order valence-corrected chi connectivity index (χ3v) is 4.75. The molecule has 0 aromatic heterocycles. The maximum Gasteiger partial charge on any atom is 0.407 e. The zero-order valence-electron chi connectivity index (χ0n) is 15.0. The minimum absolute atomic E-state index is 0.0299. The predicted molar refractivity (Wildman–Crippen MR) is 98.0 cm³/mol. The molecule has 2 N–H and O–H groups in total. The van der Waals surface area contributed by atoms with Gasteiger partial charge in [-0.2, -0.15) is 18.4 Å². The normalized spacial score (nSPS) is 17.2. The molecule has 2 atom stereocenters. The van der Waals surface area contributed by atoms with Crippen LogP contribution in [0.3, 0.4) is 0 Å². The molecule has 3 rings (SSSR count). The van der Waals surface area contributed by atoms with E-state index in [1.165, 1.54) is 24.3 Å². The van der Waals surface area contributed by atoms with Crippen LogP contribution < -0.4 is 10.6 Å². The van der Waals surface area contributed by atoms with Crippen molar-refractivity contribution in [2.75, 3.05) is 0 Å². The van der Waals surface area contributed by atoms with Crippen molar-refractivity contribution < 1.29 is 18.0 Å². The predicted octanol–water partition coefficient (Wildman–Crippen LogP) is 3.66. The highest BCUT2D eigenvalue weighted by Crippen LogP contribution is 2.35. The van der Waals surface area contributed by atoms with Crippen LogP contribution in [0, 0.1) is 11.3 Å². The van der Waals surface area contributed by atoms with E-state index in [2.05, 4.69) is 10.6 Å². The van der Waals surface area contributed by atoms with Crippen LogP contribution in [0.1, 0.15) is 30.0 Å². The van der Waals surface area contributed by atoms with Gasteiger partial charge >= 0.3 is 6.18 Å². The molecule has 146 valence electrons. The van der Waals surface area contributed by atoms with Gasteiger partial charge in [-0.15, -0.1) is 0 Å². The van der Waals surface area contributed by atoms with Gasteiger partial charge in [0.25, 0.3) is 0 Å². The van der Waals surface area contributed by atoms with E-state index in [1.807, 2.05) is 6.07 Å². The molecule has 0 heterocycles. The number of halogens is 3. The lowest BCUT2D eigenvalue weighted by Crippen LogP contribution is -2.52. The van der Waals surface area contributed by atoms with Crippen molar-refractivity contribution >= 4 is 5.91 Å². The van der Waals surface area contributed by atoms with Crippen LogP contribution in [0.2, 0.25) is 0 Å². The number of nitrogens with one attached hydrogen (secondary N) is 2. The summed E-state index contributed by atoms with van der Waals surface area (Å²) < 4.78 is 41.2. The molecular weight excluding hydrogens is 367 g/mol. The van der Waals surface area contributed by atoms with Crippen molar-refractivity contribution in [2.45, 2.75) is 43.1 Å². The molecule has 0 aliphatic heterocycles. The van der Waals surface area contributed by atoms with Gasteiger partial charge in [-0.3, -0.25) is 10.1 Å². The van der Waals surface area contributed by atoms with Crippen LogP contribution in [0.4, 0.5) is 13.2 Å². The molecule has 1 saturated carbocycles. The fourth-order valence-corrected chi connectivity index (χ4v) is 3.02. The zero-order valence-corrected chi connectivity index (χ0v) is 15.0. The van der Waals surface area contributed by atoms with E-state index in [0.717, 1.165) is 5.56 Å². The molecule has 1 fully saturated rings. The smallest absolute Gasteiger partial charge is 0.336 e. The summed E-state index contributed by atoms with van der Waals surface area (Å²) in [6.07, 6.45) is -3.49. The summed E-state index contributed by atoms with van der Waals surface area (Å²) in [6.45, 7) is 0. The van der Waals surface area contributed by atoms with E-state index in [9.17, 15) is 23.2 Å². The first-order chi connectivity index (χ1) is 13.3. The van der Waals surface area contributed by atoms with Gasteiger partial charge in [-0.25, -0.2) is 0 Å². The summed E-state index contributed by atoms with van der Waals surface area (Å²) in [5.74, 6) is -0.604. The molecule has 2 aromatic carbocycles. The highest BCUT2D eigenvalue weighted by molar-refractivity contribution is 5.83. The monoisotopic (exact) mass is 387 g/mol. The van der Waals surface area contributed by atoms with E-state index in [0.29, 0.717) is 12.8 Å². The molecule has 0 saturated heterocycles. The van der Waals surface area contributed by atoms with Gasteiger partial charge < -0.3 is 5.32 Å². The van der Waals surface area contributed by atoms with Crippen LogP contribution in [0.15, 0.2) is 60.7 Å². The third-order valence-electron chi connectivity index (χ3n) is 4.75. The van der Waals surface area contributed by atoms with Crippen LogP contribution in [0.5, 0.6) is 0 Å². The first-order valence-electron chi connectivity index (χ1n) is 8.98. The van der Waals surface area contributed by atoms with Gasteiger partial charge in [0.1, 0.15) is 11.6 Å². The van der Waals surface area contributed by atoms with E-state index < -0.39 is 29.7 Å². The van der Waals surface area contributed by atoms with Crippen molar-refractivity contribution in [3.63, 3.8) is 0 Å². The molecule has 0 spiro atoms. The number of carbonyl (C=O) groups is 1. The number of alkyl halides is 3. The van der Waals surface area contributed by atoms with Crippen molar-refractivity contribution in [1.29, 1.82) is 5.26 Å². The standard InChI is InChI=1S/C21H20F3N3O/c22-21(23,24)18(16-9-5-2-6-10-16)26-17(13-15-7-3-1-4-8-15)19(28)27-20(14-25)11-12-20/h1-10,17-18,26H,11-13H2,(H,27,28)/t17-,18+/m1/s1. The van der Waals surface area contributed by atoms with E-state index >= 15 is 0 Å².